The van der Waals surface area contributed by atoms with Crippen LogP contribution in [-0.2, 0) is 0 Å². The summed E-state index contributed by atoms with van der Waals surface area (Å²) in [5.74, 6) is -0.212. The van der Waals surface area contributed by atoms with Crippen molar-refractivity contribution in [1.82, 2.24) is 4.98 Å². The molecule has 5 rings (SSSR count). The van der Waals surface area contributed by atoms with Gasteiger partial charge < -0.3 is 25.7 Å². The van der Waals surface area contributed by atoms with E-state index in [0.717, 1.165) is 10.9 Å². The molecule has 1 aromatic heterocycles. The lowest BCUT2D eigenvalue weighted by Crippen LogP contribution is -2.32. The second kappa shape index (κ2) is 9.06. The van der Waals surface area contributed by atoms with E-state index < -0.39 is 16.9 Å². The third-order valence-corrected chi connectivity index (χ3v) is 6.22. The first-order chi connectivity index (χ1) is 17.3. The number of benzene rings is 3. The predicted molar refractivity (Wildman–Crippen MR) is 136 cm³/mol. The molecular weight excluding hydrogens is 462 g/mol. The van der Waals surface area contributed by atoms with E-state index in [4.69, 9.17) is 10.5 Å². The van der Waals surface area contributed by atoms with Gasteiger partial charge >= 0.3 is 6.09 Å². The summed E-state index contributed by atoms with van der Waals surface area (Å²) in [7, 11) is 0. The van der Waals surface area contributed by atoms with Gasteiger partial charge in [0.2, 0.25) is 0 Å². The summed E-state index contributed by atoms with van der Waals surface area (Å²) in [5.41, 5.74) is 8.36. The van der Waals surface area contributed by atoms with Gasteiger partial charge in [-0.3, -0.25) is 14.9 Å². The first-order valence-electron chi connectivity index (χ1n) is 11.4. The quantitative estimate of drug-likeness (QED) is 0.272. The molecule has 4 aromatic rings. The van der Waals surface area contributed by atoms with Crippen LogP contribution in [0.5, 0.6) is 5.75 Å². The number of rotatable bonds is 4. The fourth-order valence-electron chi connectivity index (χ4n) is 4.46. The van der Waals surface area contributed by atoms with Gasteiger partial charge in [-0.15, -0.1) is 0 Å². The molecule has 10 nitrogen and oxygen atoms in total. The van der Waals surface area contributed by atoms with Gasteiger partial charge in [0, 0.05) is 42.0 Å². The molecule has 0 saturated carbocycles. The van der Waals surface area contributed by atoms with Crippen LogP contribution < -0.4 is 20.7 Å². The molecule has 1 aliphatic rings. The zero-order valence-corrected chi connectivity index (χ0v) is 19.4. The van der Waals surface area contributed by atoms with Crippen molar-refractivity contribution < 1.29 is 19.2 Å². The Morgan fingerprint density at radius 1 is 1.11 bits per heavy atom. The Morgan fingerprint density at radius 2 is 1.94 bits per heavy atom. The Morgan fingerprint density at radius 3 is 2.72 bits per heavy atom. The van der Waals surface area contributed by atoms with Gasteiger partial charge in [-0.05, 0) is 66.8 Å². The van der Waals surface area contributed by atoms with Gasteiger partial charge in [-0.1, -0.05) is 6.07 Å². The number of H-pyrrole nitrogens is 1. The summed E-state index contributed by atoms with van der Waals surface area (Å²) in [4.78, 5) is 41.1. The molecule has 3 aromatic carbocycles. The number of primary amides is 1. The molecule has 1 atom stereocenters. The average Bonchev–Trinajstić information content (AvgIpc) is 3.26. The van der Waals surface area contributed by atoms with Crippen LogP contribution in [0.3, 0.4) is 0 Å². The fraction of sp³-hybridized carbons (Fsp3) is 0.154. The van der Waals surface area contributed by atoms with Gasteiger partial charge in [-0.2, -0.15) is 0 Å². The highest BCUT2D eigenvalue weighted by Crippen LogP contribution is 2.37. The topological polar surface area (TPSA) is 144 Å². The maximum atomic E-state index is 13.7. The van der Waals surface area contributed by atoms with E-state index in [0.29, 0.717) is 35.5 Å². The first-order valence-corrected chi connectivity index (χ1v) is 11.4. The number of hydrogen-bond acceptors (Lipinski definition) is 6. The van der Waals surface area contributed by atoms with Crippen LogP contribution in [0.15, 0.2) is 66.9 Å². The normalized spacial score (nSPS) is 15.0. The lowest BCUT2D eigenvalue weighted by atomic mass is 9.99. The molecule has 0 bridgehead atoms. The zero-order chi connectivity index (χ0) is 25.4. The summed E-state index contributed by atoms with van der Waals surface area (Å²) in [6.07, 6.45) is 1.48. The fourth-order valence-corrected chi connectivity index (χ4v) is 4.46. The first kappa shape index (κ1) is 22.9. The maximum absolute atomic E-state index is 13.7. The van der Waals surface area contributed by atoms with Crippen molar-refractivity contribution in [2.24, 2.45) is 5.73 Å². The largest absolute Gasteiger partial charge is 0.410 e. The second-order valence-corrected chi connectivity index (χ2v) is 8.66. The number of fused-ring (bicyclic) bond motifs is 2. The Balaban J connectivity index is 1.55. The molecule has 182 valence electrons. The van der Waals surface area contributed by atoms with Gasteiger partial charge in [0.05, 0.1) is 21.9 Å². The van der Waals surface area contributed by atoms with E-state index >= 15 is 0 Å². The highest BCUT2D eigenvalue weighted by molar-refractivity contribution is 6.09. The number of ether oxygens (including phenoxy) is 1. The number of nitrogens with zero attached hydrogens (tertiary/aromatic N) is 2. The Labute approximate surface area is 205 Å². The molecule has 0 saturated heterocycles. The number of aromatic amines is 1. The lowest BCUT2D eigenvalue weighted by molar-refractivity contribution is -0.384. The number of carbonyl (C=O) groups is 2. The number of nitro groups is 1. The predicted octanol–water partition coefficient (Wildman–Crippen LogP) is 5.05. The van der Waals surface area contributed by atoms with Gasteiger partial charge in [0.1, 0.15) is 5.75 Å². The summed E-state index contributed by atoms with van der Waals surface area (Å²) >= 11 is 0. The number of nitro benzene ring substituents is 1. The number of carbonyl (C=O) groups excluding carboxylic acids is 2. The zero-order valence-electron chi connectivity index (χ0n) is 19.4. The van der Waals surface area contributed by atoms with Crippen LogP contribution in [0.25, 0.3) is 22.0 Å². The van der Waals surface area contributed by atoms with Crippen molar-refractivity contribution in [3.63, 3.8) is 0 Å². The van der Waals surface area contributed by atoms with Crippen LogP contribution in [0.1, 0.15) is 23.7 Å². The van der Waals surface area contributed by atoms with Crippen molar-refractivity contribution in [2.75, 3.05) is 16.8 Å². The summed E-state index contributed by atoms with van der Waals surface area (Å²) < 4.78 is 5.00. The Hall–Kier alpha value is -4.86. The molecule has 1 unspecified atom stereocenters. The molecular formula is C26H23N5O5. The van der Waals surface area contributed by atoms with Crippen LogP contribution in [-0.4, -0.2) is 34.5 Å². The SMILES string of the molecule is CC1CCN(C(=O)c2ccc(-c3ccc4[nH]ccc4c3)c([N+](=O)[O-])c2)c2cc(OC(N)=O)ccc2N1. The van der Waals surface area contributed by atoms with Crippen molar-refractivity contribution in [3.05, 3.63) is 82.5 Å². The minimum absolute atomic E-state index is 0.0736. The van der Waals surface area contributed by atoms with Gasteiger partial charge in [0.15, 0.2) is 0 Å². The number of anilines is 2. The number of amides is 2. The van der Waals surface area contributed by atoms with E-state index in [-0.39, 0.29) is 23.0 Å². The molecule has 36 heavy (non-hydrogen) atoms. The van der Waals surface area contributed by atoms with Crippen molar-refractivity contribution in [3.8, 4) is 16.9 Å². The van der Waals surface area contributed by atoms with Crippen LogP contribution in [0.2, 0.25) is 0 Å². The standard InChI is InChI=1S/C26H23N5O5/c1-15-9-11-30(24-14-19(36-26(27)33)4-7-22(24)29-15)25(32)18-2-5-20(23(13-18)31(34)35)16-3-6-21-17(12-16)8-10-28-21/h2-8,10,12-15,28-29H,9,11H2,1H3,(H2,27,33). The molecule has 10 heteroatoms. The Kier molecular flexibility index (Phi) is 5.77. The monoisotopic (exact) mass is 485 g/mol. The number of nitrogens with two attached hydrogens (primary N) is 1. The molecule has 0 fully saturated rings. The minimum atomic E-state index is -0.966. The second-order valence-electron chi connectivity index (χ2n) is 8.66. The van der Waals surface area contributed by atoms with Crippen molar-refractivity contribution in [1.29, 1.82) is 0 Å². The number of aromatic nitrogens is 1. The highest BCUT2D eigenvalue weighted by atomic mass is 16.6. The summed E-state index contributed by atoms with van der Waals surface area (Å²) in [6.45, 7) is 2.35. The minimum Gasteiger partial charge on any atom is -0.410 e. The number of nitrogens with one attached hydrogen (secondary N) is 2. The summed E-state index contributed by atoms with van der Waals surface area (Å²) in [6, 6.07) is 16.9. The van der Waals surface area contributed by atoms with E-state index in [2.05, 4.69) is 10.3 Å². The van der Waals surface area contributed by atoms with Gasteiger partial charge in [0.25, 0.3) is 11.6 Å². The van der Waals surface area contributed by atoms with Crippen LogP contribution in [0, 0.1) is 10.1 Å². The maximum Gasteiger partial charge on any atom is 0.409 e. The number of hydrogen-bond donors (Lipinski definition) is 3. The molecule has 0 spiro atoms. The van der Waals surface area contributed by atoms with Gasteiger partial charge in [-0.25, -0.2) is 4.79 Å². The average molecular weight is 486 g/mol. The third-order valence-electron chi connectivity index (χ3n) is 6.22. The molecule has 4 N–H and O–H groups in total. The molecule has 2 heterocycles. The van der Waals surface area contributed by atoms with Crippen LogP contribution >= 0.6 is 0 Å². The summed E-state index contributed by atoms with van der Waals surface area (Å²) in [5, 5.41) is 16.3. The molecule has 0 radical (unpaired) electrons. The lowest BCUT2D eigenvalue weighted by Gasteiger charge is -2.23. The third kappa shape index (κ3) is 4.31. The van der Waals surface area contributed by atoms with E-state index in [1.54, 1.807) is 42.6 Å². The smallest absolute Gasteiger partial charge is 0.409 e. The van der Waals surface area contributed by atoms with Crippen LogP contribution in [0.4, 0.5) is 21.9 Å². The Bertz CT molecular complexity index is 1510. The van der Waals surface area contributed by atoms with E-state index in [9.17, 15) is 19.7 Å². The van der Waals surface area contributed by atoms with Crippen molar-refractivity contribution in [2.45, 2.75) is 19.4 Å². The molecule has 0 aliphatic carbocycles. The van der Waals surface area contributed by atoms with Crippen molar-refractivity contribution >= 4 is 40.0 Å². The molecule has 2 amide bonds. The molecule has 1 aliphatic heterocycles. The highest BCUT2D eigenvalue weighted by Gasteiger charge is 2.27. The van der Waals surface area contributed by atoms with E-state index in [1.807, 2.05) is 25.1 Å². The van der Waals surface area contributed by atoms with E-state index in [1.165, 1.54) is 11.0 Å².